The molecule has 1 spiro atoms. The lowest BCUT2D eigenvalue weighted by molar-refractivity contribution is -0.160. The van der Waals surface area contributed by atoms with Crippen molar-refractivity contribution < 1.29 is 22.8 Å². The zero-order chi connectivity index (χ0) is 21.1. The molecule has 156 valence electrons. The molecule has 1 saturated carbocycles. The van der Waals surface area contributed by atoms with Gasteiger partial charge in [-0.2, -0.15) is 13.2 Å². The van der Waals surface area contributed by atoms with E-state index in [1.807, 2.05) is 0 Å². The van der Waals surface area contributed by atoms with E-state index in [0.717, 1.165) is 12.0 Å². The van der Waals surface area contributed by atoms with E-state index in [1.54, 1.807) is 53.4 Å². The number of amides is 2. The smallest absolute Gasteiger partial charge is 0.347 e. The first-order valence-electron chi connectivity index (χ1n) is 10.1. The molecule has 7 heteroatoms. The second kappa shape index (κ2) is 6.33. The van der Waals surface area contributed by atoms with Crippen LogP contribution in [0, 0.1) is 0 Å². The van der Waals surface area contributed by atoms with Crippen molar-refractivity contribution in [3.8, 4) is 11.1 Å². The molecular formula is C23H21F3N2O2. The highest BCUT2D eigenvalue weighted by Gasteiger charge is 2.64. The molecule has 0 atom stereocenters. The van der Waals surface area contributed by atoms with Crippen LogP contribution in [0.2, 0.25) is 0 Å². The SMILES string of the molecule is O=C1CCC2(CN(C(=O)c3ccc(-c4cccc(C5(C(F)(F)F)CC5)c4)cc3)C2)N1. The fourth-order valence-corrected chi connectivity index (χ4v) is 4.68. The molecule has 0 bridgehead atoms. The number of benzene rings is 2. The van der Waals surface area contributed by atoms with Crippen molar-refractivity contribution in [3.63, 3.8) is 0 Å². The average Bonchev–Trinajstić information content (AvgIpc) is 3.44. The van der Waals surface area contributed by atoms with Crippen LogP contribution >= 0.6 is 0 Å². The summed E-state index contributed by atoms with van der Waals surface area (Å²) < 4.78 is 40.3. The number of nitrogens with one attached hydrogen (secondary N) is 1. The van der Waals surface area contributed by atoms with E-state index in [4.69, 9.17) is 0 Å². The zero-order valence-electron chi connectivity index (χ0n) is 16.3. The van der Waals surface area contributed by atoms with Gasteiger partial charge in [0.05, 0.1) is 11.0 Å². The predicted molar refractivity (Wildman–Crippen MR) is 105 cm³/mol. The van der Waals surface area contributed by atoms with Gasteiger partial charge in [-0.1, -0.05) is 36.4 Å². The summed E-state index contributed by atoms with van der Waals surface area (Å²) in [5.74, 6) is -0.0664. The molecule has 3 fully saturated rings. The third-order valence-electron chi connectivity index (χ3n) is 6.68. The molecule has 2 saturated heterocycles. The Kier molecular flexibility index (Phi) is 4.04. The number of hydrogen-bond acceptors (Lipinski definition) is 2. The van der Waals surface area contributed by atoms with Crippen molar-refractivity contribution in [2.75, 3.05) is 13.1 Å². The van der Waals surface area contributed by atoms with Gasteiger partial charge in [0.25, 0.3) is 5.91 Å². The van der Waals surface area contributed by atoms with Gasteiger partial charge < -0.3 is 10.2 Å². The summed E-state index contributed by atoms with van der Waals surface area (Å²) in [4.78, 5) is 25.8. The Morgan fingerprint density at radius 2 is 1.67 bits per heavy atom. The van der Waals surface area contributed by atoms with E-state index in [0.29, 0.717) is 36.2 Å². The number of rotatable bonds is 3. The highest BCUT2D eigenvalue weighted by Crippen LogP contribution is 2.59. The molecule has 2 aliphatic heterocycles. The molecule has 0 radical (unpaired) electrons. The Hall–Kier alpha value is -2.83. The molecule has 5 rings (SSSR count). The van der Waals surface area contributed by atoms with E-state index in [2.05, 4.69) is 5.32 Å². The summed E-state index contributed by atoms with van der Waals surface area (Å²) in [7, 11) is 0. The Morgan fingerprint density at radius 3 is 2.23 bits per heavy atom. The summed E-state index contributed by atoms with van der Waals surface area (Å²) >= 11 is 0. The minimum absolute atomic E-state index is 0.0344. The van der Waals surface area contributed by atoms with Crippen LogP contribution in [0.3, 0.4) is 0 Å². The maximum atomic E-state index is 13.4. The lowest BCUT2D eigenvalue weighted by atomic mass is 9.87. The van der Waals surface area contributed by atoms with Gasteiger partial charge in [-0.05, 0) is 48.1 Å². The van der Waals surface area contributed by atoms with Crippen LogP contribution in [-0.2, 0) is 10.2 Å². The molecule has 1 N–H and O–H groups in total. The van der Waals surface area contributed by atoms with Crippen LogP contribution in [0.5, 0.6) is 0 Å². The Balaban J connectivity index is 1.31. The monoisotopic (exact) mass is 414 g/mol. The van der Waals surface area contributed by atoms with Crippen molar-refractivity contribution in [1.82, 2.24) is 10.2 Å². The molecule has 0 aromatic heterocycles. The van der Waals surface area contributed by atoms with Gasteiger partial charge in [0, 0.05) is 25.1 Å². The van der Waals surface area contributed by atoms with Gasteiger partial charge in [0.2, 0.25) is 5.91 Å². The van der Waals surface area contributed by atoms with E-state index >= 15 is 0 Å². The number of nitrogens with zero attached hydrogens (tertiary/aromatic N) is 1. The average molecular weight is 414 g/mol. The van der Waals surface area contributed by atoms with Crippen molar-refractivity contribution in [2.45, 2.75) is 42.8 Å². The second-order valence-corrected chi connectivity index (χ2v) is 8.73. The Bertz CT molecular complexity index is 1020. The third kappa shape index (κ3) is 2.99. The van der Waals surface area contributed by atoms with Crippen LogP contribution in [0.15, 0.2) is 48.5 Å². The maximum absolute atomic E-state index is 13.4. The van der Waals surface area contributed by atoms with Crippen LogP contribution in [0.25, 0.3) is 11.1 Å². The minimum atomic E-state index is -4.24. The van der Waals surface area contributed by atoms with Crippen molar-refractivity contribution in [3.05, 3.63) is 59.7 Å². The lowest BCUT2D eigenvalue weighted by Crippen LogP contribution is -2.68. The predicted octanol–water partition coefficient (Wildman–Crippen LogP) is 4.05. The Morgan fingerprint density at radius 1 is 0.967 bits per heavy atom. The van der Waals surface area contributed by atoms with Gasteiger partial charge in [0.15, 0.2) is 0 Å². The standard InChI is InChI=1S/C23H21F3N2O2/c24-23(25,26)22(10-11-22)18-3-1-2-17(12-18)15-4-6-16(7-5-15)20(30)28-13-21(14-28)9-8-19(29)27-21/h1-7,12H,8-11,13-14H2,(H,27,29). The van der Waals surface area contributed by atoms with Crippen molar-refractivity contribution in [2.24, 2.45) is 0 Å². The first-order valence-corrected chi connectivity index (χ1v) is 10.1. The first-order chi connectivity index (χ1) is 14.2. The third-order valence-corrected chi connectivity index (χ3v) is 6.68. The second-order valence-electron chi connectivity index (χ2n) is 8.73. The highest BCUT2D eigenvalue weighted by atomic mass is 19.4. The quantitative estimate of drug-likeness (QED) is 0.824. The van der Waals surface area contributed by atoms with Gasteiger partial charge in [-0.25, -0.2) is 0 Å². The summed E-state index contributed by atoms with van der Waals surface area (Å²) in [6.45, 7) is 1.03. The van der Waals surface area contributed by atoms with Gasteiger partial charge in [-0.3, -0.25) is 9.59 Å². The van der Waals surface area contributed by atoms with Crippen LogP contribution < -0.4 is 5.32 Å². The largest absolute Gasteiger partial charge is 0.398 e. The van der Waals surface area contributed by atoms with Crippen molar-refractivity contribution in [1.29, 1.82) is 0 Å². The molecule has 30 heavy (non-hydrogen) atoms. The van der Waals surface area contributed by atoms with E-state index < -0.39 is 11.6 Å². The molecule has 2 aromatic carbocycles. The molecular weight excluding hydrogens is 393 g/mol. The maximum Gasteiger partial charge on any atom is 0.398 e. The lowest BCUT2D eigenvalue weighted by Gasteiger charge is -2.47. The summed E-state index contributed by atoms with van der Waals surface area (Å²) in [5, 5.41) is 2.95. The molecule has 2 heterocycles. The van der Waals surface area contributed by atoms with Gasteiger partial charge in [-0.15, -0.1) is 0 Å². The Labute approximate surface area is 172 Å². The van der Waals surface area contributed by atoms with Crippen LogP contribution in [0.1, 0.15) is 41.6 Å². The fourth-order valence-electron chi connectivity index (χ4n) is 4.68. The van der Waals surface area contributed by atoms with E-state index in [-0.39, 0.29) is 30.2 Å². The van der Waals surface area contributed by atoms with Crippen molar-refractivity contribution >= 4 is 11.8 Å². The number of hydrogen-bond donors (Lipinski definition) is 1. The van der Waals surface area contributed by atoms with E-state index in [1.165, 1.54) is 0 Å². The fraction of sp³-hybridized carbons (Fsp3) is 0.391. The summed E-state index contributed by atoms with van der Waals surface area (Å²) in [6.07, 6.45) is -2.72. The molecule has 0 unspecified atom stereocenters. The molecule has 3 aliphatic rings. The minimum Gasteiger partial charge on any atom is -0.347 e. The van der Waals surface area contributed by atoms with Crippen LogP contribution in [0.4, 0.5) is 13.2 Å². The summed E-state index contributed by atoms with van der Waals surface area (Å²) in [6, 6.07) is 13.6. The topological polar surface area (TPSA) is 49.4 Å². The highest BCUT2D eigenvalue weighted by molar-refractivity contribution is 5.96. The van der Waals surface area contributed by atoms with Crippen LogP contribution in [-0.4, -0.2) is 41.5 Å². The number of halogens is 3. The van der Waals surface area contributed by atoms with Gasteiger partial charge >= 0.3 is 6.18 Å². The van der Waals surface area contributed by atoms with Gasteiger partial charge in [0.1, 0.15) is 0 Å². The molecule has 1 aliphatic carbocycles. The normalized spacial score (nSPS) is 21.3. The zero-order valence-corrected chi connectivity index (χ0v) is 16.3. The molecule has 2 aromatic rings. The number of carbonyl (C=O) groups excluding carboxylic acids is 2. The first kappa shape index (κ1) is 19.2. The number of likely N-dealkylation sites (tertiary alicyclic amines) is 1. The summed E-state index contributed by atoms with van der Waals surface area (Å²) in [5.41, 5.74) is 0.347. The molecule has 4 nitrogen and oxygen atoms in total. The number of alkyl halides is 3. The molecule has 2 amide bonds. The number of carbonyl (C=O) groups is 2. The van der Waals surface area contributed by atoms with E-state index in [9.17, 15) is 22.8 Å².